The van der Waals surface area contributed by atoms with E-state index in [0.717, 1.165) is 41.5 Å². The van der Waals surface area contributed by atoms with Crippen molar-refractivity contribution in [1.29, 1.82) is 0 Å². The third-order valence-electron chi connectivity index (χ3n) is 5.32. The number of hydrogen-bond donors (Lipinski definition) is 1. The molecule has 1 aromatic heterocycles. The lowest BCUT2D eigenvalue weighted by Gasteiger charge is -2.22. The van der Waals surface area contributed by atoms with Crippen molar-refractivity contribution in [2.24, 2.45) is 0 Å². The third-order valence-corrected chi connectivity index (χ3v) is 5.32. The first-order chi connectivity index (χ1) is 14.3. The van der Waals surface area contributed by atoms with Gasteiger partial charge in [0.25, 0.3) is 0 Å². The monoisotopic (exact) mass is 388 g/mol. The molecule has 0 atom stereocenters. The van der Waals surface area contributed by atoms with Crippen LogP contribution in [0.3, 0.4) is 0 Å². The molecule has 150 valence electrons. The minimum atomic E-state index is 0.668. The van der Waals surface area contributed by atoms with Gasteiger partial charge in [-0.05, 0) is 30.5 Å². The molecule has 0 aliphatic carbocycles. The van der Waals surface area contributed by atoms with Gasteiger partial charge in [-0.3, -0.25) is 0 Å². The molecule has 29 heavy (non-hydrogen) atoms. The number of anilines is 2. The highest BCUT2D eigenvalue weighted by Crippen LogP contribution is 2.25. The quantitative estimate of drug-likeness (QED) is 0.633. The lowest BCUT2D eigenvalue weighted by Crippen LogP contribution is -2.25. The predicted octanol–water partition coefficient (Wildman–Crippen LogP) is 5.14. The molecule has 4 rings (SSSR count). The van der Waals surface area contributed by atoms with E-state index in [-0.39, 0.29) is 0 Å². The Labute approximate surface area is 172 Å². The molecule has 1 aliphatic rings. The van der Waals surface area contributed by atoms with Crippen LogP contribution in [-0.4, -0.2) is 30.2 Å². The number of benzene rings is 2. The zero-order valence-electron chi connectivity index (χ0n) is 17.0. The van der Waals surface area contributed by atoms with Crippen LogP contribution in [0.25, 0.3) is 11.3 Å². The zero-order chi connectivity index (χ0) is 19.9. The van der Waals surface area contributed by atoms with Gasteiger partial charge in [0, 0.05) is 31.3 Å². The van der Waals surface area contributed by atoms with Crippen LogP contribution in [0, 0.1) is 0 Å². The third kappa shape index (κ3) is 5.05. The highest BCUT2D eigenvalue weighted by atomic mass is 16.5. The largest absolute Gasteiger partial charge is 0.497 e. The van der Waals surface area contributed by atoms with Crippen LogP contribution >= 0.6 is 0 Å². The Morgan fingerprint density at radius 2 is 1.62 bits per heavy atom. The minimum absolute atomic E-state index is 0.668. The highest BCUT2D eigenvalue weighted by Gasteiger charge is 2.14. The average molecular weight is 389 g/mol. The average Bonchev–Trinajstić information content (AvgIpc) is 3.08. The Balaban J connectivity index is 1.59. The van der Waals surface area contributed by atoms with E-state index in [9.17, 15) is 0 Å². The van der Waals surface area contributed by atoms with Gasteiger partial charge >= 0.3 is 0 Å². The smallest absolute Gasteiger partial charge is 0.225 e. The molecule has 5 nitrogen and oxygen atoms in total. The van der Waals surface area contributed by atoms with Crippen LogP contribution in [-0.2, 0) is 6.54 Å². The Kier molecular flexibility index (Phi) is 6.25. The van der Waals surface area contributed by atoms with Crippen molar-refractivity contribution >= 4 is 11.8 Å². The highest BCUT2D eigenvalue weighted by molar-refractivity contribution is 5.64. The molecular formula is C24H28N4O. The first kappa shape index (κ1) is 19.2. The number of methoxy groups -OCH3 is 1. The summed E-state index contributed by atoms with van der Waals surface area (Å²) in [5.74, 6) is 2.54. The van der Waals surface area contributed by atoms with E-state index in [1.807, 2.05) is 30.3 Å². The summed E-state index contributed by atoms with van der Waals surface area (Å²) in [6.45, 7) is 2.79. The van der Waals surface area contributed by atoms with E-state index < -0.39 is 0 Å². The van der Waals surface area contributed by atoms with Gasteiger partial charge in [-0.15, -0.1) is 0 Å². The Morgan fingerprint density at radius 3 is 2.31 bits per heavy atom. The summed E-state index contributed by atoms with van der Waals surface area (Å²) in [4.78, 5) is 12.1. The molecular weight excluding hydrogens is 360 g/mol. The molecule has 1 saturated heterocycles. The Morgan fingerprint density at radius 1 is 0.897 bits per heavy atom. The normalized spacial score (nSPS) is 14.3. The van der Waals surface area contributed by atoms with E-state index in [2.05, 4.69) is 40.5 Å². The molecule has 2 aromatic carbocycles. The Bertz CT molecular complexity index is 904. The maximum absolute atomic E-state index is 5.24. The fraction of sp³-hybridized carbons (Fsp3) is 0.333. The van der Waals surface area contributed by atoms with Crippen LogP contribution < -0.4 is 15.0 Å². The predicted molar refractivity (Wildman–Crippen MR) is 118 cm³/mol. The first-order valence-corrected chi connectivity index (χ1v) is 10.4. The summed E-state index contributed by atoms with van der Waals surface area (Å²) in [5, 5.41) is 3.41. The molecule has 2 heterocycles. The first-order valence-electron chi connectivity index (χ1n) is 10.4. The summed E-state index contributed by atoms with van der Waals surface area (Å²) in [7, 11) is 1.68. The van der Waals surface area contributed by atoms with E-state index in [4.69, 9.17) is 14.7 Å². The van der Waals surface area contributed by atoms with E-state index in [1.54, 1.807) is 7.11 Å². The SMILES string of the molecule is COc1ccc(CNc2nc(-c3ccccc3)cc(N3CCCCCC3)n2)cc1. The van der Waals surface area contributed by atoms with Gasteiger partial charge in [0.2, 0.25) is 5.95 Å². The van der Waals surface area contributed by atoms with Crippen molar-refractivity contribution in [3.8, 4) is 17.0 Å². The van der Waals surface area contributed by atoms with Crippen LogP contribution in [0.2, 0.25) is 0 Å². The van der Waals surface area contributed by atoms with Gasteiger partial charge in [-0.25, -0.2) is 4.98 Å². The second kappa shape index (κ2) is 9.41. The fourth-order valence-corrected chi connectivity index (χ4v) is 3.66. The molecule has 0 amide bonds. The second-order valence-corrected chi connectivity index (χ2v) is 7.40. The molecule has 0 spiro atoms. The summed E-state index contributed by atoms with van der Waals surface area (Å²) in [5.41, 5.74) is 3.23. The van der Waals surface area contributed by atoms with Crippen LogP contribution in [0.15, 0.2) is 60.7 Å². The molecule has 1 aliphatic heterocycles. The second-order valence-electron chi connectivity index (χ2n) is 7.40. The van der Waals surface area contributed by atoms with Gasteiger partial charge < -0.3 is 15.0 Å². The fourth-order valence-electron chi connectivity index (χ4n) is 3.66. The summed E-state index contributed by atoms with van der Waals surface area (Å²) in [6, 6.07) is 20.5. The summed E-state index contributed by atoms with van der Waals surface area (Å²) >= 11 is 0. The number of aromatic nitrogens is 2. The van der Waals surface area contributed by atoms with Crippen molar-refractivity contribution in [3.63, 3.8) is 0 Å². The van der Waals surface area contributed by atoms with Crippen molar-refractivity contribution in [1.82, 2.24) is 9.97 Å². The van der Waals surface area contributed by atoms with Crippen LogP contribution in [0.5, 0.6) is 5.75 Å². The standard InChI is InChI=1S/C24H28N4O/c1-29-21-13-11-19(12-14-21)18-25-24-26-22(20-9-5-4-6-10-20)17-23(27-24)28-15-7-2-3-8-16-28/h4-6,9-14,17H,2-3,7-8,15-16,18H2,1H3,(H,25,26,27). The molecule has 0 unspecified atom stereocenters. The van der Waals surface area contributed by atoms with Crippen molar-refractivity contribution in [2.75, 3.05) is 30.4 Å². The number of nitrogens with one attached hydrogen (secondary N) is 1. The molecule has 3 aromatic rings. The zero-order valence-corrected chi connectivity index (χ0v) is 17.0. The van der Waals surface area contributed by atoms with Crippen LogP contribution in [0.1, 0.15) is 31.2 Å². The molecule has 1 fully saturated rings. The van der Waals surface area contributed by atoms with E-state index in [0.29, 0.717) is 12.5 Å². The van der Waals surface area contributed by atoms with Gasteiger partial charge in [-0.2, -0.15) is 4.98 Å². The van der Waals surface area contributed by atoms with Gasteiger partial charge in [0.1, 0.15) is 11.6 Å². The van der Waals surface area contributed by atoms with Gasteiger partial charge in [0.05, 0.1) is 12.8 Å². The van der Waals surface area contributed by atoms with Crippen LogP contribution in [0.4, 0.5) is 11.8 Å². The molecule has 1 N–H and O–H groups in total. The number of hydrogen-bond acceptors (Lipinski definition) is 5. The van der Waals surface area contributed by atoms with Gasteiger partial charge in [-0.1, -0.05) is 55.3 Å². The maximum atomic E-state index is 5.24. The molecule has 5 heteroatoms. The molecule has 0 radical (unpaired) electrons. The molecule has 0 saturated carbocycles. The van der Waals surface area contributed by atoms with E-state index in [1.165, 1.54) is 25.7 Å². The summed E-state index contributed by atoms with van der Waals surface area (Å²) in [6.07, 6.45) is 5.05. The number of ether oxygens (including phenoxy) is 1. The lowest BCUT2D eigenvalue weighted by molar-refractivity contribution is 0.414. The van der Waals surface area contributed by atoms with Crippen molar-refractivity contribution < 1.29 is 4.74 Å². The maximum Gasteiger partial charge on any atom is 0.225 e. The topological polar surface area (TPSA) is 50.3 Å². The summed E-state index contributed by atoms with van der Waals surface area (Å²) < 4.78 is 5.24. The van der Waals surface area contributed by atoms with Gasteiger partial charge in [0.15, 0.2) is 0 Å². The number of rotatable bonds is 6. The van der Waals surface area contributed by atoms with Crippen molar-refractivity contribution in [3.05, 3.63) is 66.2 Å². The van der Waals surface area contributed by atoms with E-state index >= 15 is 0 Å². The number of nitrogens with zero attached hydrogens (tertiary/aromatic N) is 3. The van der Waals surface area contributed by atoms with Crippen molar-refractivity contribution in [2.45, 2.75) is 32.2 Å². The Hall–Kier alpha value is -3.08. The minimum Gasteiger partial charge on any atom is -0.497 e. The lowest BCUT2D eigenvalue weighted by atomic mass is 10.1. The molecule has 0 bridgehead atoms.